The number of hydrogen-bond acceptors (Lipinski definition) is 6. The Morgan fingerprint density at radius 2 is 2.00 bits per heavy atom. The van der Waals surface area contributed by atoms with Gasteiger partial charge in [-0.05, 0) is 32.8 Å². The summed E-state index contributed by atoms with van der Waals surface area (Å²) in [7, 11) is 0. The first kappa shape index (κ1) is 15.0. The summed E-state index contributed by atoms with van der Waals surface area (Å²) < 4.78 is 0. The zero-order valence-corrected chi connectivity index (χ0v) is 13.6. The normalized spacial score (nSPS) is 11.6. The second-order valence-corrected chi connectivity index (χ2v) is 6.97. The molecule has 3 N–H and O–H groups in total. The summed E-state index contributed by atoms with van der Waals surface area (Å²) in [6.07, 6.45) is 0. The Morgan fingerprint density at radius 3 is 2.55 bits per heavy atom. The number of nitrogens with one attached hydrogen (secondary N) is 1. The van der Waals surface area contributed by atoms with Crippen LogP contribution in [0.4, 0.5) is 11.8 Å². The molecule has 0 aliphatic rings. The summed E-state index contributed by atoms with van der Waals surface area (Å²) in [5.74, 6) is 7.52. The summed E-state index contributed by atoms with van der Waals surface area (Å²) >= 11 is 1.67. The van der Waals surface area contributed by atoms with Gasteiger partial charge in [0.15, 0.2) is 0 Å². The Kier molecular flexibility index (Phi) is 4.45. The minimum absolute atomic E-state index is 0.376. The van der Waals surface area contributed by atoms with Gasteiger partial charge in [0.1, 0.15) is 10.6 Å². The van der Waals surface area contributed by atoms with E-state index < -0.39 is 0 Å². The van der Waals surface area contributed by atoms with Crippen molar-refractivity contribution in [3.05, 3.63) is 10.9 Å². The molecule has 20 heavy (non-hydrogen) atoms. The van der Waals surface area contributed by atoms with Crippen LogP contribution in [0.25, 0.3) is 10.2 Å². The van der Waals surface area contributed by atoms with Crippen LogP contribution < -0.4 is 16.2 Å². The first-order chi connectivity index (χ1) is 9.42. The zero-order valence-electron chi connectivity index (χ0n) is 12.8. The molecule has 6 heteroatoms. The molecule has 0 aromatic carbocycles. The van der Waals surface area contributed by atoms with Crippen LogP contribution in [0.3, 0.4) is 0 Å². The van der Waals surface area contributed by atoms with Gasteiger partial charge in [-0.3, -0.25) is 5.43 Å². The molecule has 0 spiro atoms. The maximum Gasteiger partial charge on any atom is 0.240 e. The highest BCUT2D eigenvalue weighted by Crippen LogP contribution is 2.32. The predicted octanol–water partition coefficient (Wildman–Crippen LogP) is 3.16. The van der Waals surface area contributed by atoms with Crippen LogP contribution in [-0.2, 0) is 0 Å². The van der Waals surface area contributed by atoms with Crippen molar-refractivity contribution >= 4 is 33.3 Å². The molecule has 0 aliphatic heterocycles. The smallest absolute Gasteiger partial charge is 0.240 e. The van der Waals surface area contributed by atoms with Crippen molar-refractivity contribution in [3.8, 4) is 0 Å². The molecule has 0 bridgehead atoms. The number of rotatable bonds is 5. The number of anilines is 2. The lowest BCUT2D eigenvalue weighted by molar-refractivity contribution is 0.567. The summed E-state index contributed by atoms with van der Waals surface area (Å²) in [5.41, 5.74) is 2.57. The van der Waals surface area contributed by atoms with Crippen molar-refractivity contribution in [1.82, 2.24) is 9.97 Å². The second kappa shape index (κ2) is 5.93. The Bertz CT molecular complexity index is 591. The number of aryl methyl sites for hydroxylation is 1. The third-order valence-electron chi connectivity index (χ3n) is 3.08. The number of fused-ring (bicyclic) bond motifs is 1. The highest BCUT2D eigenvalue weighted by atomic mass is 32.1. The lowest BCUT2D eigenvalue weighted by Crippen LogP contribution is -2.35. The van der Waals surface area contributed by atoms with Crippen LogP contribution in [0.1, 0.15) is 32.6 Å². The van der Waals surface area contributed by atoms with Crippen LogP contribution in [0, 0.1) is 12.8 Å². The fourth-order valence-electron chi connectivity index (χ4n) is 2.25. The molecule has 0 saturated carbocycles. The van der Waals surface area contributed by atoms with E-state index in [2.05, 4.69) is 61.0 Å². The molecule has 110 valence electrons. The van der Waals surface area contributed by atoms with Gasteiger partial charge in [0.05, 0.1) is 5.39 Å². The standard InChI is InChI=1S/C14H23N5S/c1-8(2)7-19(9(3)4)12-11-6-10(5)20-13(11)17-14(16-12)18-15/h6,8-9H,7,15H2,1-5H3,(H,16,17,18). The Labute approximate surface area is 124 Å². The summed E-state index contributed by atoms with van der Waals surface area (Å²) in [4.78, 5) is 13.6. The van der Waals surface area contributed by atoms with Crippen molar-refractivity contribution in [2.75, 3.05) is 16.9 Å². The number of hydrazine groups is 1. The topological polar surface area (TPSA) is 67.1 Å². The summed E-state index contributed by atoms with van der Waals surface area (Å²) in [6.45, 7) is 11.9. The Balaban J connectivity index is 2.59. The van der Waals surface area contributed by atoms with Gasteiger partial charge in [0, 0.05) is 17.5 Å². The molecule has 2 heterocycles. The predicted molar refractivity (Wildman–Crippen MR) is 87.3 cm³/mol. The number of hydrogen-bond donors (Lipinski definition) is 2. The third-order valence-corrected chi connectivity index (χ3v) is 4.03. The van der Waals surface area contributed by atoms with Crippen molar-refractivity contribution in [2.45, 2.75) is 40.7 Å². The first-order valence-corrected chi connectivity index (χ1v) is 7.75. The fourth-order valence-corrected chi connectivity index (χ4v) is 3.12. The molecule has 0 unspecified atom stereocenters. The number of thiophene rings is 1. The van der Waals surface area contributed by atoms with Gasteiger partial charge in [-0.2, -0.15) is 4.98 Å². The Morgan fingerprint density at radius 1 is 1.30 bits per heavy atom. The molecular weight excluding hydrogens is 270 g/mol. The van der Waals surface area contributed by atoms with Gasteiger partial charge in [-0.25, -0.2) is 10.8 Å². The van der Waals surface area contributed by atoms with E-state index >= 15 is 0 Å². The summed E-state index contributed by atoms with van der Waals surface area (Å²) in [6, 6.07) is 2.53. The number of aromatic nitrogens is 2. The van der Waals surface area contributed by atoms with Crippen LogP contribution in [0.2, 0.25) is 0 Å². The fraction of sp³-hybridized carbons (Fsp3) is 0.571. The SMILES string of the molecule is Cc1cc2c(N(CC(C)C)C(C)C)nc(NN)nc2s1. The van der Waals surface area contributed by atoms with Crippen LogP contribution in [0.5, 0.6) is 0 Å². The molecule has 0 amide bonds. The molecule has 2 aromatic heterocycles. The lowest BCUT2D eigenvalue weighted by atomic mass is 10.1. The van der Waals surface area contributed by atoms with E-state index in [-0.39, 0.29) is 0 Å². The van der Waals surface area contributed by atoms with Crippen LogP contribution in [0.15, 0.2) is 6.07 Å². The van der Waals surface area contributed by atoms with Gasteiger partial charge in [-0.1, -0.05) is 13.8 Å². The van der Waals surface area contributed by atoms with E-state index in [0.29, 0.717) is 17.9 Å². The van der Waals surface area contributed by atoms with E-state index in [4.69, 9.17) is 5.84 Å². The molecule has 0 saturated heterocycles. The highest BCUT2D eigenvalue weighted by Gasteiger charge is 2.19. The Hall–Kier alpha value is -1.40. The van der Waals surface area contributed by atoms with Crippen LogP contribution >= 0.6 is 11.3 Å². The highest BCUT2D eigenvalue weighted by molar-refractivity contribution is 7.18. The van der Waals surface area contributed by atoms with Gasteiger partial charge < -0.3 is 4.90 Å². The first-order valence-electron chi connectivity index (χ1n) is 6.93. The maximum absolute atomic E-state index is 5.51. The van der Waals surface area contributed by atoms with E-state index in [1.807, 2.05) is 0 Å². The minimum atomic E-state index is 0.376. The average Bonchev–Trinajstić information content (AvgIpc) is 2.74. The van der Waals surface area contributed by atoms with E-state index in [1.165, 1.54) is 4.88 Å². The molecule has 0 radical (unpaired) electrons. The number of nitrogens with two attached hydrogens (primary N) is 1. The van der Waals surface area contributed by atoms with E-state index in [0.717, 1.165) is 22.6 Å². The molecule has 5 nitrogen and oxygen atoms in total. The van der Waals surface area contributed by atoms with Gasteiger partial charge in [0.25, 0.3) is 0 Å². The van der Waals surface area contributed by atoms with Crippen molar-refractivity contribution in [1.29, 1.82) is 0 Å². The second-order valence-electron chi connectivity index (χ2n) is 5.73. The van der Waals surface area contributed by atoms with E-state index in [9.17, 15) is 0 Å². The molecule has 2 rings (SSSR count). The molecule has 2 aromatic rings. The molecule has 0 aliphatic carbocycles. The van der Waals surface area contributed by atoms with Crippen molar-refractivity contribution < 1.29 is 0 Å². The van der Waals surface area contributed by atoms with Crippen molar-refractivity contribution in [2.24, 2.45) is 11.8 Å². The average molecular weight is 293 g/mol. The maximum atomic E-state index is 5.51. The quantitative estimate of drug-likeness (QED) is 0.655. The van der Waals surface area contributed by atoms with Crippen LogP contribution in [-0.4, -0.2) is 22.6 Å². The zero-order chi connectivity index (χ0) is 14.9. The molecule has 0 atom stereocenters. The third kappa shape index (κ3) is 3.02. The monoisotopic (exact) mass is 293 g/mol. The molecule has 0 fully saturated rings. The van der Waals surface area contributed by atoms with Crippen molar-refractivity contribution in [3.63, 3.8) is 0 Å². The lowest BCUT2D eigenvalue weighted by Gasteiger charge is -2.30. The van der Waals surface area contributed by atoms with Gasteiger partial charge >= 0.3 is 0 Å². The summed E-state index contributed by atoms with van der Waals surface area (Å²) in [5, 5.41) is 1.11. The van der Waals surface area contributed by atoms with Gasteiger partial charge in [-0.15, -0.1) is 11.3 Å². The molecular formula is C14H23N5S. The number of nitrogen functional groups attached to an aromatic ring is 1. The number of nitrogens with zero attached hydrogens (tertiary/aromatic N) is 3. The largest absolute Gasteiger partial charge is 0.353 e. The van der Waals surface area contributed by atoms with Gasteiger partial charge in [0.2, 0.25) is 5.95 Å². The minimum Gasteiger partial charge on any atom is -0.353 e. The van der Waals surface area contributed by atoms with E-state index in [1.54, 1.807) is 11.3 Å².